The van der Waals surface area contributed by atoms with E-state index in [1.54, 1.807) is 53.9 Å². The second-order valence-corrected chi connectivity index (χ2v) is 7.36. The van der Waals surface area contributed by atoms with Crippen molar-refractivity contribution in [2.24, 2.45) is 0 Å². The van der Waals surface area contributed by atoms with Gasteiger partial charge in [0.2, 0.25) is 0 Å². The number of nitrogens with zero attached hydrogens (tertiary/aromatic N) is 1. The van der Waals surface area contributed by atoms with Crippen molar-refractivity contribution in [2.75, 3.05) is 0 Å². The molecule has 0 saturated heterocycles. The molecular weight excluding hydrogens is 380 g/mol. The molecule has 1 heterocycles. The number of aromatic nitrogens is 1. The van der Waals surface area contributed by atoms with E-state index in [1.807, 2.05) is 47.8 Å². The molecule has 4 aromatic rings. The fraction of sp³-hybridized carbons (Fsp3) is 0.0417. The van der Waals surface area contributed by atoms with Crippen LogP contribution in [0.15, 0.2) is 90.4 Å². The Morgan fingerprint density at radius 2 is 1.62 bits per heavy atom. The Labute approximate surface area is 172 Å². The number of thiazole rings is 1. The quantitative estimate of drug-likeness (QED) is 0.467. The number of hydrogen-bond acceptors (Lipinski definition) is 4. The van der Waals surface area contributed by atoms with Crippen LogP contribution in [-0.4, -0.2) is 16.7 Å². The number of rotatable bonds is 6. The molecule has 1 amide bonds. The first-order valence-corrected chi connectivity index (χ1v) is 10.1. The second-order valence-electron chi connectivity index (χ2n) is 6.46. The Balaban J connectivity index is 1.51. The van der Waals surface area contributed by atoms with Gasteiger partial charge in [0.05, 0.1) is 5.56 Å². The minimum atomic E-state index is -0.274. The molecule has 1 aromatic heterocycles. The molecule has 0 aliphatic carbocycles. The normalized spacial score (nSPS) is 10.5. The summed E-state index contributed by atoms with van der Waals surface area (Å²) in [7, 11) is 0. The van der Waals surface area contributed by atoms with Crippen molar-refractivity contribution >= 4 is 23.0 Å². The third-order valence-electron chi connectivity index (χ3n) is 4.51. The molecule has 29 heavy (non-hydrogen) atoms. The van der Waals surface area contributed by atoms with Gasteiger partial charge in [0.25, 0.3) is 5.91 Å². The van der Waals surface area contributed by atoms with E-state index in [2.05, 4.69) is 10.3 Å². The molecule has 4 nitrogen and oxygen atoms in total. The van der Waals surface area contributed by atoms with Crippen LogP contribution in [0.1, 0.15) is 31.8 Å². The van der Waals surface area contributed by atoms with E-state index in [4.69, 9.17) is 0 Å². The highest BCUT2D eigenvalue weighted by molar-refractivity contribution is 7.13. The third-order valence-corrected chi connectivity index (χ3v) is 5.33. The molecule has 0 fully saturated rings. The summed E-state index contributed by atoms with van der Waals surface area (Å²) in [4.78, 5) is 30.0. The second kappa shape index (κ2) is 8.63. The number of carbonyl (C=O) groups excluding carboxylic acids is 2. The van der Waals surface area contributed by atoms with E-state index in [0.717, 1.165) is 16.1 Å². The van der Waals surface area contributed by atoms with Crippen LogP contribution in [0.4, 0.5) is 0 Å². The van der Waals surface area contributed by atoms with Gasteiger partial charge in [-0.3, -0.25) is 9.59 Å². The van der Waals surface area contributed by atoms with Gasteiger partial charge in [-0.25, -0.2) is 4.98 Å². The van der Waals surface area contributed by atoms with Crippen LogP contribution in [0.5, 0.6) is 0 Å². The van der Waals surface area contributed by atoms with Gasteiger partial charge in [-0.15, -0.1) is 11.3 Å². The van der Waals surface area contributed by atoms with Crippen LogP contribution in [0.25, 0.3) is 10.6 Å². The first kappa shape index (κ1) is 18.8. The maximum atomic E-state index is 12.8. The van der Waals surface area contributed by atoms with Crippen molar-refractivity contribution in [3.8, 4) is 10.6 Å². The molecule has 5 heteroatoms. The minimum absolute atomic E-state index is 0.165. The van der Waals surface area contributed by atoms with Crippen molar-refractivity contribution in [2.45, 2.75) is 6.54 Å². The summed E-state index contributed by atoms with van der Waals surface area (Å²) < 4.78 is 0. The maximum Gasteiger partial charge on any atom is 0.252 e. The predicted molar refractivity (Wildman–Crippen MR) is 115 cm³/mol. The molecule has 0 bridgehead atoms. The monoisotopic (exact) mass is 398 g/mol. The molecule has 0 atom stereocenters. The highest BCUT2D eigenvalue weighted by Crippen LogP contribution is 2.22. The molecule has 3 aromatic carbocycles. The molecule has 0 aliphatic heterocycles. The Kier molecular flexibility index (Phi) is 5.59. The average Bonchev–Trinajstić information content (AvgIpc) is 3.33. The van der Waals surface area contributed by atoms with Crippen LogP contribution in [0, 0.1) is 0 Å². The zero-order valence-electron chi connectivity index (χ0n) is 15.5. The highest BCUT2D eigenvalue weighted by atomic mass is 32.1. The fourth-order valence-electron chi connectivity index (χ4n) is 3.08. The summed E-state index contributed by atoms with van der Waals surface area (Å²) in [6.45, 7) is 0.367. The Morgan fingerprint density at radius 3 is 2.38 bits per heavy atom. The Morgan fingerprint density at radius 1 is 0.862 bits per heavy atom. The van der Waals surface area contributed by atoms with Gasteiger partial charge in [0, 0.05) is 34.8 Å². The topological polar surface area (TPSA) is 59.1 Å². The summed E-state index contributed by atoms with van der Waals surface area (Å²) in [6.07, 6.45) is 1.77. The molecule has 0 spiro atoms. The van der Waals surface area contributed by atoms with E-state index in [9.17, 15) is 9.59 Å². The molecule has 1 N–H and O–H groups in total. The lowest BCUT2D eigenvalue weighted by atomic mass is 9.98. The van der Waals surface area contributed by atoms with Gasteiger partial charge in [-0.1, -0.05) is 66.7 Å². The number of benzene rings is 3. The summed E-state index contributed by atoms with van der Waals surface area (Å²) in [6, 6.07) is 23.8. The van der Waals surface area contributed by atoms with E-state index in [-0.39, 0.29) is 11.7 Å². The molecule has 0 radical (unpaired) electrons. The smallest absolute Gasteiger partial charge is 0.252 e. The first-order valence-electron chi connectivity index (χ1n) is 9.18. The van der Waals surface area contributed by atoms with Crippen molar-refractivity contribution in [1.29, 1.82) is 0 Å². The summed E-state index contributed by atoms with van der Waals surface area (Å²) >= 11 is 1.57. The number of amides is 1. The third kappa shape index (κ3) is 4.31. The Hall–Kier alpha value is -3.57. The summed E-state index contributed by atoms with van der Waals surface area (Å²) in [5.74, 6) is -0.438. The van der Waals surface area contributed by atoms with Crippen LogP contribution >= 0.6 is 11.3 Å². The number of carbonyl (C=O) groups is 2. The zero-order chi connectivity index (χ0) is 20.1. The van der Waals surface area contributed by atoms with Gasteiger partial charge in [-0.05, 0) is 17.7 Å². The highest BCUT2D eigenvalue weighted by Gasteiger charge is 2.17. The van der Waals surface area contributed by atoms with Gasteiger partial charge < -0.3 is 5.32 Å². The van der Waals surface area contributed by atoms with E-state index < -0.39 is 0 Å². The van der Waals surface area contributed by atoms with Gasteiger partial charge in [-0.2, -0.15) is 0 Å². The lowest BCUT2D eigenvalue weighted by Gasteiger charge is -2.10. The number of ketones is 1. The zero-order valence-corrected chi connectivity index (χ0v) is 16.4. The molecular formula is C24H18N2O2S. The van der Waals surface area contributed by atoms with Gasteiger partial charge >= 0.3 is 0 Å². The van der Waals surface area contributed by atoms with Crippen LogP contribution < -0.4 is 5.32 Å². The van der Waals surface area contributed by atoms with Crippen LogP contribution in [-0.2, 0) is 6.54 Å². The predicted octanol–water partition coefficient (Wildman–Crippen LogP) is 4.97. The van der Waals surface area contributed by atoms with Gasteiger partial charge in [0.15, 0.2) is 5.78 Å². The van der Waals surface area contributed by atoms with E-state index in [0.29, 0.717) is 23.2 Å². The van der Waals surface area contributed by atoms with Crippen molar-refractivity contribution in [1.82, 2.24) is 10.3 Å². The van der Waals surface area contributed by atoms with Crippen molar-refractivity contribution in [3.05, 3.63) is 113 Å². The summed E-state index contributed by atoms with van der Waals surface area (Å²) in [5.41, 5.74) is 3.32. The maximum absolute atomic E-state index is 12.8. The molecule has 0 saturated carbocycles. The lowest BCUT2D eigenvalue weighted by molar-refractivity contribution is 0.0939. The van der Waals surface area contributed by atoms with E-state index >= 15 is 0 Å². The molecule has 142 valence electrons. The lowest BCUT2D eigenvalue weighted by Crippen LogP contribution is -2.25. The SMILES string of the molecule is O=C(NCc1cccc(-c2nccs2)c1)c1ccccc1C(=O)c1ccccc1. The molecule has 0 unspecified atom stereocenters. The van der Waals surface area contributed by atoms with E-state index in [1.165, 1.54) is 0 Å². The molecule has 4 rings (SSSR count). The molecule has 0 aliphatic rings. The number of hydrogen-bond donors (Lipinski definition) is 1. The Bertz CT molecular complexity index is 1140. The standard InChI is InChI=1S/C24H18N2O2S/c27-22(18-8-2-1-3-9-18)20-11-4-5-12-21(20)23(28)26-16-17-7-6-10-19(15-17)24-25-13-14-29-24/h1-15H,16H2,(H,26,28). The average molecular weight is 398 g/mol. The van der Waals surface area contributed by atoms with Crippen molar-refractivity contribution in [3.63, 3.8) is 0 Å². The first-order chi connectivity index (χ1) is 14.2. The van der Waals surface area contributed by atoms with Crippen LogP contribution in [0.2, 0.25) is 0 Å². The summed E-state index contributed by atoms with van der Waals surface area (Å²) in [5, 5.41) is 5.80. The van der Waals surface area contributed by atoms with Gasteiger partial charge in [0.1, 0.15) is 5.01 Å². The van der Waals surface area contributed by atoms with Crippen LogP contribution in [0.3, 0.4) is 0 Å². The minimum Gasteiger partial charge on any atom is -0.348 e. The number of nitrogens with one attached hydrogen (secondary N) is 1. The fourth-order valence-corrected chi connectivity index (χ4v) is 3.72. The van der Waals surface area contributed by atoms with Crippen molar-refractivity contribution < 1.29 is 9.59 Å². The largest absolute Gasteiger partial charge is 0.348 e.